The lowest BCUT2D eigenvalue weighted by Crippen LogP contribution is -2.12. The van der Waals surface area contributed by atoms with Crippen molar-refractivity contribution in [3.05, 3.63) is 82.7 Å². The van der Waals surface area contributed by atoms with Gasteiger partial charge < -0.3 is 14.6 Å². The fraction of sp³-hybridized carbons (Fsp3) is 0.111. The maximum Gasteiger partial charge on any atom is 0.277 e. The van der Waals surface area contributed by atoms with Gasteiger partial charge in [-0.15, -0.1) is 0 Å². The summed E-state index contributed by atoms with van der Waals surface area (Å²) >= 11 is 6.01. The van der Waals surface area contributed by atoms with Crippen LogP contribution in [0.3, 0.4) is 0 Å². The molecule has 1 heterocycles. The van der Waals surface area contributed by atoms with Crippen molar-refractivity contribution in [2.45, 2.75) is 13.2 Å². The predicted molar refractivity (Wildman–Crippen MR) is 90.8 cm³/mol. The lowest BCUT2D eigenvalue weighted by molar-refractivity contribution is 0.0881. The molecule has 2 aromatic carbocycles. The van der Waals surface area contributed by atoms with Crippen LogP contribution in [0, 0.1) is 0 Å². The van der Waals surface area contributed by atoms with E-state index in [0.29, 0.717) is 23.1 Å². The van der Waals surface area contributed by atoms with Crippen molar-refractivity contribution in [1.29, 1.82) is 0 Å². The molecule has 0 fully saturated rings. The molecular weight excluding hydrogens is 328 g/mol. The maximum absolute atomic E-state index is 12.1. The second-order valence-electron chi connectivity index (χ2n) is 5.09. The molecule has 0 saturated carbocycles. The third-order valence-corrected chi connectivity index (χ3v) is 3.60. The van der Waals surface area contributed by atoms with Crippen molar-refractivity contribution in [2.75, 3.05) is 5.32 Å². The molecule has 3 rings (SSSR count). The molecule has 24 heavy (non-hydrogen) atoms. The molecule has 0 radical (unpaired) electrons. The van der Waals surface area contributed by atoms with Crippen molar-refractivity contribution < 1.29 is 14.1 Å². The highest BCUT2D eigenvalue weighted by Crippen LogP contribution is 2.21. The first-order valence-corrected chi connectivity index (χ1v) is 7.73. The van der Waals surface area contributed by atoms with Gasteiger partial charge in [-0.3, -0.25) is 4.79 Å². The van der Waals surface area contributed by atoms with Gasteiger partial charge in [-0.25, -0.2) is 0 Å². The van der Waals surface area contributed by atoms with Crippen LogP contribution in [0.5, 0.6) is 0 Å². The van der Waals surface area contributed by atoms with Gasteiger partial charge in [0.1, 0.15) is 6.61 Å². The molecule has 0 atom stereocenters. The van der Waals surface area contributed by atoms with E-state index in [-0.39, 0.29) is 18.2 Å². The van der Waals surface area contributed by atoms with E-state index in [1.165, 1.54) is 0 Å². The minimum Gasteiger partial charge on any atom is -0.369 e. The van der Waals surface area contributed by atoms with Crippen LogP contribution in [-0.4, -0.2) is 11.1 Å². The summed E-state index contributed by atoms with van der Waals surface area (Å²) in [5, 5.41) is 6.90. The number of nitrogens with zero attached hydrogens (tertiary/aromatic N) is 1. The lowest BCUT2D eigenvalue weighted by atomic mass is 10.2. The van der Waals surface area contributed by atoms with E-state index in [1.807, 2.05) is 30.3 Å². The molecule has 122 valence electrons. The zero-order valence-electron chi connectivity index (χ0n) is 12.7. The number of hydrogen-bond acceptors (Lipinski definition) is 4. The van der Waals surface area contributed by atoms with E-state index in [9.17, 15) is 4.79 Å². The van der Waals surface area contributed by atoms with Gasteiger partial charge in [-0.1, -0.05) is 59.2 Å². The molecule has 6 heteroatoms. The molecule has 5 nitrogen and oxygen atoms in total. The molecule has 0 aliphatic carbocycles. The first-order chi connectivity index (χ1) is 11.7. The van der Waals surface area contributed by atoms with Crippen molar-refractivity contribution in [3.8, 4) is 0 Å². The summed E-state index contributed by atoms with van der Waals surface area (Å²) < 4.78 is 10.7. The molecule has 0 unspecified atom stereocenters. The molecule has 0 saturated heterocycles. The standard InChI is InChI=1S/C18H15ClN2O3/c19-15-8-4-5-9-16(15)20-18(22)17-10-14(24-21-17)12-23-11-13-6-2-1-3-7-13/h1-10H,11-12H2,(H,20,22). The third-order valence-electron chi connectivity index (χ3n) is 3.27. The normalized spacial score (nSPS) is 10.5. The number of amides is 1. The Balaban J connectivity index is 1.55. The Hall–Kier alpha value is -2.63. The Morgan fingerprint density at radius 3 is 2.62 bits per heavy atom. The Morgan fingerprint density at radius 2 is 1.83 bits per heavy atom. The number of aromatic nitrogens is 1. The number of anilines is 1. The molecule has 0 aliphatic rings. The van der Waals surface area contributed by atoms with Crippen molar-refractivity contribution in [2.24, 2.45) is 0 Å². The van der Waals surface area contributed by atoms with Gasteiger partial charge in [-0.2, -0.15) is 0 Å². The molecule has 3 aromatic rings. The fourth-order valence-corrected chi connectivity index (χ4v) is 2.26. The first kappa shape index (κ1) is 16.2. The van der Waals surface area contributed by atoms with Gasteiger partial charge in [0, 0.05) is 6.07 Å². The van der Waals surface area contributed by atoms with Gasteiger partial charge in [-0.05, 0) is 17.7 Å². The second kappa shape index (κ2) is 7.77. The van der Waals surface area contributed by atoms with E-state index >= 15 is 0 Å². The number of benzene rings is 2. The van der Waals surface area contributed by atoms with Crippen LogP contribution in [-0.2, 0) is 18.0 Å². The average molecular weight is 343 g/mol. The van der Waals surface area contributed by atoms with Crippen LogP contribution in [0.4, 0.5) is 5.69 Å². The van der Waals surface area contributed by atoms with Crippen LogP contribution in [0.25, 0.3) is 0 Å². The zero-order chi connectivity index (χ0) is 16.8. The van der Waals surface area contributed by atoms with Gasteiger partial charge in [0.05, 0.1) is 17.3 Å². The van der Waals surface area contributed by atoms with Crippen LogP contribution < -0.4 is 5.32 Å². The number of nitrogens with one attached hydrogen (secondary N) is 1. The lowest BCUT2D eigenvalue weighted by Gasteiger charge is -2.04. The van der Waals surface area contributed by atoms with Crippen molar-refractivity contribution in [3.63, 3.8) is 0 Å². The van der Waals surface area contributed by atoms with Crippen molar-refractivity contribution in [1.82, 2.24) is 5.16 Å². The number of carbonyl (C=O) groups excluding carboxylic acids is 1. The first-order valence-electron chi connectivity index (χ1n) is 7.35. The summed E-state index contributed by atoms with van der Waals surface area (Å²) in [5.74, 6) is 0.0939. The third kappa shape index (κ3) is 4.22. The number of carbonyl (C=O) groups is 1. The highest BCUT2D eigenvalue weighted by atomic mass is 35.5. The molecule has 0 bridgehead atoms. The van der Waals surface area contributed by atoms with Crippen LogP contribution >= 0.6 is 11.6 Å². The maximum atomic E-state index is 12.1. The topological polar surface area (TPSA) is 64.4 Å². The molecule has 0 aliphatic heterocycles. The summed E-state index contributed by atoms with van der Waals surface area (Å²) in [6.07, 6.45) is 0. The summed E-state index contributed by atoms with van der Waals surface area (Å²) in [6, 6.07) is 18.3. The highest BCUT2D eigenvalue weighted by molar-refractivity contribution is 6.33. The number of para-hydroxylation sites is 1. The molecule has 0 spiro atoms. The largest absolute Gasteiger partial charge is 0.369 e. The van der Waals surface area contributed by atoms with Gasteiger partial charge in [0.25, 0.3) is 5.91 Å². The van der Waals surface area contributed by atoms with E-state index in [1.54, 1.807) is 30.3 Å². The second-order valence-corrected chi connectivity index (χ2v) is 5.50. The van der Waals surface area contributed by atoms with Crippen LogP contribution in [0.15, 0.2) is 65.2 Å². The zero-order valence-corrected chi connectivity index (χ0v) is 13.5. The van der Waals surface area contributed by atoms with Gasteiger partial charge in [0.15, 0.2) is 11.5 Å². The van der Waals surface area contributed by atoms with Crippen LogP contribution in [0.2, 0.25) is 5.02 Å². The average Bonchev–Trinajstić information content (AvgIpc) is 3.07. The number of rotatable bonds is 6. The quantitative estimate of drug-likeness (QED) is 0.725. The van der Waals surface area contributed by atoms with E-state index in [4.69, 9.17) is 20.9 Å². The number of ether oxygens (including phenoxy) is 1. The Kier molecular flexibility index (Phi) is 5.25. The number of halogens is 1. The summed E-state index contributed by atoms with van der Waals surface area (Å²) in [7, 11) is 0. The summed E-state index contributed by atoms with van der Waals surface area (Å²) in [4.78, 5) is 12.1. The van der Waals surface area contributed by atoms with E-state index < -0.39 is 0 Å². The summed E-state index contributed by atoms with van der Waals surface area (Å²) in [5.41, 5.74) is 1.76. The van der Waals surface area contributed by atoms with E-state index in [0.717, 1.165) is 5.56 Å². The predicted octanol–water partition coefficient (Wildman–Crippen LogP) is 4.30. The molecule has 1 N–H and O–H groups in total. The monoisotopic (exact) mass is 342 g/mol. The van der Waals surface area contributed by atoms with Gasteiger partial charge >= 0.3 is 0 Å². The highest BCUT2D eigenvalue weighted by Gasteiger charge is 2.14. The van der Waals surface area contributed by atoms with Crippen molar-refractivity contribution >= 4 is 23.2 Å². The SMILES string of the molecule is O=C(Nc1ccccc1Cl)c1cc(COCc2ccccc2)on1. The number of hydrogen-bond donors (Lipinski definition) is 1. The molecule has 1 aromatic heterocycles. The minimum atomic E-state index is -0.388. The molecular formula is C18H15ClN2O3. The minimum absolute atomic E-state index is 0.174. The Labute approximate surface area is 144 Å². The van der Waals surface area contributed by atoms with E-state index in [2.05, 4.69) is 10.5 Å². The summed E-state index contributed by atoms with van der Waals surface area (Å²) in [6.45, 7) is 0.698. The Morgan fingerprint density at radius 1 is 1.08 bits per heavy atom. The van der Waals surface area contributed by atoms with Crippen LogP contribution in [0.1, 0.15) is 21.8 Å². The van der Waals surface area contributed by atoms with Gasteiger partial charge in [0.2, 0.25) is 0 Å². The molecule has 1 amide bonds. The fourth-order valence-electron chi connectivity index (χ4n) is 2.08. The Bertz CT molecular complexity index is 818. The smallest absolute Gasteiger partial charge is 0.277 e.